The number of rotatable bonds is 11. The lowest BCUT2D eigenvalue weighted by molar-refractivity contribution is -0.141. The summed E-state index contributed by atoms with van der Waals surface area (Å²) in [6, 6.07) is 9.16. The van der Waals surface area contributed by atoms with Crippen molar-refractivity contribution in [2.45, 2.75) is 64.1 Å². The summed E-state index contributed by atoms with van der Waals surface area (Å²) in [6.07, 6.45) is 4.93. The largest absolute Gasteiger partial charge is 0.352 e. The molecule has 0 aromatic heterocycles. The Morgan fingerprint density at radius 1 is 1.11 bits per heavy atom. The second-order valence-corrected chi connectivity index (χ2v) is 11.7. The Morgan fingerprint density at radius 3 is 2.43 bits per heavy atom. The number of sulfonamides is 1. The number of amides is 2. The van der Waals surface area contributed by atoms with Gasteiger partial charge in [0, 0.05) is 36.6 Å². The zero-order chi connectivity index (χ0) is 27.2. The summed E-state index contributed by atoms with van der Waals surface area (Å²) >= 11 is 6.11. The van der Waals surface area contributed by atoms with Gasteiger partial charge in [-0.25, -0.2) is 17.2 Å². The molecular weight excluding hydrogens is 524 g/mol. The van der Waals surface area contributed by atoms with Gasteiger partial charge in [0.25, 0.3) is 0 Å². The van der Waals surface area contributed by atoms with Crippen molar-refractivity contribution >= 4 is 39.1 Å². The molecule has 2 aromatic carbocycles. The quantitative estimate of drug-likeness (QED) is 0.437. The van der Waals surface area contributed by atoms with Crippen molar-refractivity contribution in [3.63, 3.8) is 0 Å². The first-order valence-corrected chi connectivity index (χ1v) is 14.5. The van der Waals surface area contributed by atoms with E-state index in [1.807, 2.05) is 6.07 Å². The number of carbonyl (C=O) groups is 2. The number of hydrogen-bond acceptors (Lipinski definition) is 4. The van der Waals surface area contributed by atoms with E-state index in [4.69, 9.17) is 11.6 Å². The fourth-order valence-electron chi connectivity index (χ4n) is 4.45. The third-order valence-electron chi connectivity index (χ3n) is 6.45. The van der Waals surface area contributed by atoms with Crippen LogP contribution in [0, 0.1) is 11.6 Å². The second kappa shape index (κ2) is 12.7. The Bertz CT molecular complexity index is 1220. The van der Waals surface area contributed by atoms with Gasteiger partial charge < -0.3 is 10.2 Å². The topological polar surface area (TPSA) is 86.8 Å². The summed E-state index contributed by atoms with van der Waals surface area (Å²) in [5.41, 5.74) is 0.717. The fourth-order valence-corrected chi connectivity index (χ4v) is 5.62. The Labute approximate surface area is 221 Å². The monoisotopic (exact) mass is 555 g/mol. The maximum absolute atomic E-state index is 13.7. The van der Waals surface area contributed by atoms with Gasteiger partial charge in [-0.05, 0) is 56.0 Å². The number of nitrogens with zero attached hydrogens (tertiary/aromatic N) is 2. The van der Waals surface area contributed by atoms with Crippen LogP contribution in [0.4, 0.5) is 14.5 Å². The lowest BCUT2D eigenvalue weighted by Crippen LogP contribution is -2.49. The van der Waals surface area contributed by atoms with Crippen LogP contribution in [-0.4, -0.2) is 50.0 Å². The standard InChI is InChI=1S/C26H32ClF2N3O4S/c1-18(26(34)30-21-9-3-4-10-21)31(17-19-7-5-8-20(27)15-19)25(33)11-6-14-32(37(2,35)36)22-12-13-23(28)24(29)16-22/h5,7-8,12-13,15-16,18,21H,3-4,6,9-11,14,17H2,1-2H3,(H,30,34). The molecule has 1 fully saturated rings. The Morgan fingerprint density at radius 2 is 1.81 bits per heavy atom. The maximum atomic E-state index is 13.7. The molecule has 1 saturated carbocycles. The summed E-state index contributed by atoms with van der Waals surface area (Å²) in [5, 5.41) is 3.53. The zero-order valence-corrected chi connectivity index (χ0v) is 22.5. The second-order valence-electron chi connectivity index (χ2n) is 9.35. The molecule has 0 bridgehead atoms. The smallest absolute Gasteiger partial charge is 0.242 e. The van der Waals surface area contributed by atoms with Crippen LogP contribution in [0.15, 0.2) is 42.5 Å². The Hall–Kier alpha value is -2.72. The van der Waals surface area contributed by atoms with E-state index in [1.54, 1.807) is 25.1 Å². The molecular formula is C26H32ClF2N3O4S. The maximum Gasteiger partial charge on any atom is 0.242 e. The molecule has 1 N–H and O–H groups in total. The number of carbonyl (C=O) groups excluding carboxylic acids is 2. The summed E-state index contributed by atoms with van der Waals surface area (Å²) < 4.78 is 52.6. The van der Waals surface area contributed by atoms with E-state index < -0.39 is 27.7 Å². The first-order valence-electron chi connectivity index (χ1n) is 12.2. The summed E-state index contributed by atoms with van der Waals surface area (Å²) in [4.78, 5) is 27.7. The van der Waals surface area contributed by atoms with Gasteiger partial charge in [-0.2, -0.15) is 0 Å². The van der Waals surface area contributed by atoms with Crippen molar-refractivity contribution in [1.82, 2.24) is 10.2 Å². The zero-order valence-electron chi connectivity index (χ0n) is 20.9. The van der Waals surface area contributed by atoms with Crippen LogP contribution in [0.3, 0.4) is 0 Å². The van der Waals surface area contributed by atoms with Crippen molar-refractivity contribution in [3.05, 3.63) is 64.7 Å². The number of halogens is 3. The van der Waals surface area contributed by atoms with Crippen molar-refractivity contribution < 1.29 is 26.8 Å². The Balaban J connectivity index is 1.73. The third kappa shape index (κ3) is 8.13. The van der Waals surface area contributed by atoms with Gasteiger partial charge in [0.1, 0.15) is 6.04 Å². The van der Waals surface area contributed by atoms with Gasteiger partial charge >= 0.3 is 0 Å². The van der Waals surface area contributed by atoms with E-state index in [0.29, 0.717) is 5.02 Å². The summed E-state index contributed by atoms with van der Waals surface area (Å²) in [7, 11) is -3.82. The van der Waals surface area contributed by atoms with Crippen LogP contribution in [0.2, 0.25) is 5.02 Å². The van der Waals surface area contributed by atoms with Crippen LogP contribution in [-0.2, 0) is 26.2 Å². The predicted molar refractivity (Wildman–Crippen MR) is 140 cm³/mol. The normalized spacial score (nSPS) is 14.8. The van der Waals surface area contributed by atoms with Crippen LogP contribution >= 0.6 is 11.6 Å². The molecule has 0 heterocycles. The van der Waals surface area contributed by atoms with E-state index >= 15 is 0 Å². The van der Waals surface area contributed by atoms with Crippen molar-refractivity contribution in [2.24, 2.45) is 0 Å². The molecule has 202 valence electrons. The molecule has 0 radical (unpaired) electrons. The van der Waals surface area contributed by atoms with Crippen molar-refractivity contribution in [2.75, 3.05) is 17.1 Å². The average molecular weight is 556 g/mol. The molecule has 1 unspecified atom stereocenters. The minimum absolute atomic E-state index is 0.0334. The first-order chi connectivity index (χ1) is 17.5. The number of hydrogen-bond donors (Lipinski definition) is 1. The molecule has 0 saturated heterocycles. The number of nitrogens with one attached hydrogen (secondary N) is 1. The van der Waals surface area contributed by atoms with Gasteiger partial charge in [-0.3, -0.25) is 13.9 Å². The summed E-state index contributed by atoms with van der Waals surface area (Å²) in [6.45, 7) is 1.69. The molecule has 1 aliphatic rings. The van der Waals surface area contributed by atoms with E-state index in [0.717, 1.165) is 53.9 Å². The molecule has 2 amide bonds. The van der Waals surface area contributed by atoms with E-state index in [1.165, 1.54) is 11.0 Å². The van der Waals surface area contributed by atoms with E-state index in [2.05, 4.69) is 5.32 Å². The number of anilines is 1. The SMILES string of the molecule is CC(C(=O)NC1CCCC1)N(Cc1cccc(Cl)c1)C(=O)CCCN(c1ccc(F)c(F)c1)S(C)(=O)=O. The van der Waals surface area contributed by atoms with E-state index in [-0.39, 0.29) is 49.5 Å². The lowest BCUT2D eigenvalue weighted by atomic mass is 10.1. The van der Waals surface area contributed by atoms with Crippen molar-refractivity contribution in [1.29, 1.82) is 0 Å². The minimum Gasteiger partial charge on any atom is -0.352 e. The molecule has 1 aliphatic carbocycles. The highest BCUT2D eigenvalue weighted by molar-refractivity contribution is 7.92. The van der Waals surface area contributed by atoms with Crippen LogP contribution in [0.5, 0.6) is 0 Å². The third-order valence-corrected chi connectivity index (χ3v) is 7.88. The molecule has 11 heteroatoms. The average Bonchev–Trinajstić information content (AvgIpc) is 3.34. The number of benzene rings is 2. The summed E-state index contributed by atoms with van der Waals surface area (Å²) in [5.74, 6) is -2.85. The molecule has 3 rings (SSSR count). The molecule has 0 aliphatic heterocycles. The highest BCUT2D eigenvalue weighted by Crippen LogP contribution is 2.22. The molecule has 2 aromatic rings. The van der Waals surface area contributed by atoms with Gasteiger partial charge in [0.15, 0.2) is 11.6 Å². The van der Waals surface area contributed by atoms with Gasteiger partial charge in [0.05, 0.1) is 11.9 Å². The molecule has 1 atom stereocenters. The molecule has 0 spiro atoms. The molecule has 37 heavy (non-hydrogen) atoms. The van der Waals surface area contributed by atoms with Crippen LogP contribution in [0.25, 0.3) is 0 Å². The van der Waals surface area contributed by atoms with Gasteiger partial charge in [-0.15, -0.1) is 0 Å². The van der Waals surface area contributed by atoms with Crippen LogP contribution < -0.4 is 9.62 Å². The van der Waals surface area contributed by atoms with Gasteiger partial charge in [0.2, 0.25) is 21.8 Å². The highest BCUT2D eigenvalue weighted by Gasteiger charge is 2.29. The fraction of sp³-hybridized carbons (Fsp3) is 0.462. The molecule has 7 nitrogen and oxygen atoms in total. The Kier molecular flexibility index (Phi) is 9.89. The van der Waals surface area contributed by atoms with Crippen molar-refractivity contribution in [3.8, 4) is 0 Å². The first kappa shape index (κ1) is 28.8. The van der Waals surface area contributed by atoms with E-state index in [9.17, 15) is 26.8 Å². The lowest BCUT2D eigenvalue weighted by Gasteiger charge is -2.30. The highest BCUT2D eigenvalue weighted by atomic mass is 35.5. The van der Waals surface area contributed by atoms with Gasteiger partial charge in [-0.1, -0.05) is 36.6 Å². The minimum atomic E-state index is -3.82. The predicted octanol–water partition coefficient (Wildman–Crippen LogP) is 4.64. The van der Waals surface area contributed by atoms with Crippen LogP contribution in [0.1, 0.15) is 51.0 Å².